The number of carbonyl (C=O) groups is 1. The van der Waals surface area contributed by atoms with Crippen molar-refractivity contribution in [1.29, 1.82) is 0 Å². The second kappa shape index (κ2) is 8.80. The van der Waals surface area contributed by atoms with Gasteiger partial charge in [-0.2, -0.15) is 0 Å². The number of nitrogens with zero attached hydrogens (tertiary/aromatic N) is 4. The largest absolute Gasteiger partial charge is 0.497 e. The Morgan fingerprint density at radius 3 is 2.81 bits per heavy atom. The van der Waals surface area contributed by atoms with E-state index in [9.17, 15) is 4.79 Å². The Hall–Kier alpha value is -2.72. The summed E-state index contributed by atoms with van der Waals surface area (Å²) in [6.45, 7) is 0.820. The standard InChI is InChI=1S/C21H28N6O4/c1-29-15-9-5-6-13(10-15)20-24-25-26-27(20)17-12-31-18-16(11-30-19(17)18)23-21(28)22-14-7-3-2-4-8-14/h5-6,9-10,14,16-19H,2-4,7-8,11-12H2,1H3,(H2,22,23,28)/t16-,17+,18-,19+/m0/s1. The number of hydrogen-bond acceptors (Lipinski definition) is 7. The normalized spacial score (nSPS) is 28.3. The van der Waals surface area contributed by atoms with Crippen LogP contribution in [0.3, 0.4) is 0 Å². The minimum Gasteiger partial charge on any atom is -0.497 e. The zero-order chi connectivity index (χ0) is 21.2. The summed E-state index contributed by atoms with van der Waals surface area (Å²) in [5.41, 5.74) is 0.854. The fourth-order valence-corrected chi connectivity index (χ4v) is 4.82. The van der Waals surface area contributed by atoms with E-state index < -0.39 is 0 Å². The number of hydrogen-bond donors (Lipinski definition) is 2. The first kappa shape index (κ1) is 20.2. The number of nitrogens with one attached hydrogen (secondary N) is 2. The van der Waals surface area contributed by atoms with E-state index in [1.807, 2.05) is 24.3 Å². The van der Waals surface area contributed by atoms with Crippen LogP contribution in [0, 0.1) is 0 Å². The lowest BCUT2D eigenvalue weighted by Gasteiger charge is -2.24. The van der Waals surface area contributed by atoms with Gasteiger partial charge in [0.15, 0.2) is 5.82 Å². The Bertz CT molecular complexity index is 915. The van der Waals surface area contributed by atoms with Crippen molar-refractivity contribution >= 4 is 6.03 Å². The highest BCUT2D eigenvalue weighted by Gasteiger charge is 2.50. The second-order valence-corrected chi connectivity index (χ2v) is 8.40. The molecule has 0 unspecified atom stereocenters. The molecule has 10 nitrogen and oxygen atoms in total. The van der Waals surface area contributed by atoms with Gasteiger partial charge in [0.2, 0.25) is 0 Å². The smallest absolute Gasteiger partial charge is 0.315 e. The van der Waals surface area contributed by atoms with Gasteiger partial charge in [-0.15, -0.1) is 5.10 Å². The number of fused-ring (bicyclic) bond motifs is 1. The molecule has 0 bridgehead atoms. The summed E-state index contributed by atoms with van der Waals surface area (Å²) in [6.07, 6.45) is 5.24. The van der Waals surface area contributed by atoms with Gasteiger partial charge in [-0.25, -0.2) is 9.48 Å². The number of benzene rings is 1. The van der Waals surface area contributed by atoms with Crippen LogP contribution in [0.15, 0.2) is 24.3 Å². The SMILES string of the molecule is COc1cccc(-c2nnnn2[C@@H]2CO[C@@H]3[C@@H]2OC[C@@H]3NC(=O)NC2CCCCC2)c1. The average Bonchev–Trinajstić information content (AvgIpc) is 3.52. The monoisotopic (exact) mass is 428 g/mol. The number of aromatic nitrogens is 4. The first-order valence-electron chi connectivity index (χ1n) is 11.0. The second-order valence-electron chi connectivity index (χ2n) is 8.40. The molecule has 4 atom stereocenters. The molecular formula is C21H28N6O4. The van der Waals surface area contributed by atoms with Gasteiger partial charge in [0.05, 0.1) is 26.4 Å². The predicted molar refractivity (Wildman–Crippen MR) is 111 cm³/mol. The number of tetrazole rings is 1. The number of rotatable bonds is 5. The van der Waals surface area contributed by atoms with Crippen molar-refractivity contribution in [3.8, 4) is 17.1 Å². The molecule has 1 aliphatic carbocycles. The van der Waals surface area contributed by atoms with Crippen LogP contribution in [0.2, 0.25) is 0 Å². The summed E-state index contributed by atoms with van der Waals surface area (Å²) in [5.74, 6) is 1.36. The maximum absolute atomic E-state index is 12.5. The molecule has 2 aromatic rings. The third-order valence-corrected chi connectivity index (χ3v) is 6.42. The van der Waals surface area contributed by atoms with Crippen LogP contribution in [0.25, 0.3) is 11.4 Å². The number of ether oxygens (including phenoxy) is 3. The lowest BCUT2D eigenvalue weighted by atomic mass is 9.96. The summed E-state index contributed by atoms with van der Waals surface area (Å²) in [7, 11) is 1.63. The summed E-state index contributed by atoms with van der Waals surface area (Å²) in [6, 6.07) is 7.35. The Balaban J connectivity index is 1.25. The van der Waals surface area contributed by atoms with Crippen molar-refractivity contribution < 1.29 is 19.0 Å². The highest BCUT2D eigenvalue weighted by molar-refractivity contribution is 5.74. The van der Waals surface area contributed by atoms with Gasteiger partial charge >= 0.3 is 6.03 Å². The van der Waals surface area contributed by atoms with E-state index in [1.54, 1.807) is 11.8 Å². The average molecular weight is 428 g/mol. The first-order chi connectivity index (χ1) is 15.2. The van der Waals surface area contributed by atoms with Crippen LogP contribution >= 0.6 is 0 Å². The molecule has 3 heterocycles. The number of amides is 2. The Morgan fingerprint density at radius 2 is 1.97 bits per heavy atom. The van der Waals surface area contributed by atoms with E-state index in [-0.39, 0.29) is 36.4 Å². The molecular weight excluding hydrogens is 400 g/mol. The Labute approximate surface area is 180 Å². The van der Waals surface area contributed by atoms with Gasteiger partial charge in [-0.05, 0) is 35.4 Å². The first-order valence-corrected chi connectivity index (χ1v) is 11.0. The summed E-state index contributed by atoms with van der Waals surface area (Å²) in [5, 5.41) is 18.4. The minimum absolute atomic E-state index is 0.146. The van der Waals surface area contributed by atoms with E-state index in [0.29, 0.717) is 19.0 Å². The molecule has 166 valence electrons. The highest BCUT2D eigenvalue weighted by atomic mass is 16.6. The van der Waals surface area contributed by atoms with Crippen molar-refractivity contribution in [2.24, 2.45) is 0 Å². The molecule has 10 heteroatoms. The van der Waals surface area contributed by atoms with E-state index in [0.717, 1.165) is 24.2 Å². The third kappa shape index (κ3) is 4.09. The Kier molecular flexibility index (Phi) is 5.73. The van der Waals surface area contributed by atoms with E-state index >= 15 is 0 Å². The van der Waals surface area contributed by atoms with Crippen LogP contribution in [0.1, 0.15) is 38.1 Å². The van der Waals surface area contributed by atoms with Crippen molar-refractivity contribution in [2.45, 2.75) is 62.4 Å². The molecule has 0 spiro atoms. The zero-order valence-corrected chi connectivity index (χ0v) is 17.6. The predicted octanol–water partition coefficient (Wildman–Crippen LogP) is 1.69. The van der Waals surface area contributed by atoms with Crippen molar-refractivity contribution in [3.05, 3.63) is 24.3 Å². The van der Waals surface area contributed by atoms with Crippen molar-refractivity contribution in [1.82, 2.24) is 30.8 Å². The molecule has 2 saturated heterocycles. The van der Waals surface area contributed by atoms with Crippen LogP contribution in [-0.4, -0.2) is 70.9 Å². The van der Waals surface area contributed by atoms with Crippen LogP contribution < -0.4 is 15.4 Å². The van der Waals surface area contributed by atoms with Gasteiger partial charge in [-0.1, -0.05) is 31.4 Å². The maximum Gasteiger partial charge on any atom is 0.315 e. The van der Waals surface area contributed by atoms with Gasteiger partial charge in [-0.3, -0.25) is 0 Å². The van der Waals surface area contributed by atoms with Crippen LogP contribution in [-0.2, 0) is 9.47 Å². The Morgan fingerprint density at radius 1 is 1.13 bits per heavy atom. The molecule has 1 saturated carbocycles. The third-order valence-electron chi connectivity index (χ3n) is 6.42. The molecule has 31 heavy (non-hydrogen) atoms. The van der Waals surface area contributed by atoms with Gasteiger partial charge in [0, 0.05) is 11.6 Å². The fourth-order valence-electron chi connectivity index (χ4n) is 4.82. The van der Waals surface area contributed by atoms with E-state index in [1.165, 1.54) is 19.3 Å². The topological polar surface area (TPSA) is 112 Å². The molecule has 5 rings (SSSR count). The molecule has 3 fully saturated rings. The summed E-state index contributed by atoms with van der Waals surface area (Å²) >= 11 is 0. The van der Waals surface area contributed by atoms with Crippen LogP contribution in [0.4, 0.5) is 4.79 Å². The summed E-state index contributed by atoms with van der Waals surface area (Å²) in [4.78, 5) is 12.5. The minimum atomic E-state index is -0.232. The molecule has 0 radical (unpaired) electrons. The number of urea groups is 1. The van der Waals surface area contributed by atoms with E-state index in [2.05, 4.69) is 26.2 Å². The van der Waals surface area contributed by atoms with Crippen molar-refractivity contribution in [3.63, 3.8) is 0 Å². The fraction of sp³-hybridized carbons (Fsp3) is 0.619. The molecule has 2 aliphatic heterocycles. The van der Waals surface area contributed by atoms with E-state index in [4.69, 9.17) is 14.2 Å². The lowest BCUT2D eigenvalue weighted by Crippen LogP contribution is -2.50. The van der Waals surface area contributed by atoms with Gasteiger partial charge in [0.25, 0.3) is 0 Å². The quantitative estimate of drug-likeness (QED) is 0.745. The summed E-state index contributed by atoms with van der Waals surface area (Å²) < 4.78 is 19.2. The van der Waals surface area contributed by atoms with Gasteiger partial charge < -0.3 is 24.8 Å². The van der Waals surface area contributed by atoms with Gasteiger partial charge in [0.1, 0.15) is 24.0 Å². The molecule has 2 amide bonds. The zero-order valence-electron chi connectivity index (χ0n) is 17.6. The molecule has 3 aliphatic rings. The molecule has 1 aromatic heterocycles. The molecule has 2 N–H and O–H groups in total. The highest BCUT2D eigenvalue weighted by Crippen LogP contribution is 2.36. The number of methoxy groups -OCH3 is 1. The number of carbonyl (C=O) groups excluding carboxylic acids is 1. The maximum atomic E-state index is 12.5. The van der Waals surface area contributed by atoms with Crippen molar-refractivity contribution in [2.75, 3.05) is 20.3 Å². The van der Waals surface area contributed by atoms with Crippen LogP contribution in [0.5, 0.6) is 5.75 Å². The lowest BCUT2D eigenvalue weighted by molar-refractivity contribution is 0.0624. The molecule has 1 aromatic carbocycles.